The smallest absolute Gasteiger partial charge is 0.216 e. The van der Waals surface area contributed by atoms with Crippen molar-refractivity contribution in [1.29, 1.82) is 0 Å². The molecule has 0 heterocycles. The van der Waals surface area contributed by atoms with Gasteiger partial charge in [-0.2, -0.15) is 0 Å². The minimum absolute atomic E-state index is 0.0219. The summed E-state index contributed by atoms with van der Waals surface area (Å²) in [6.45, 7) is 4.00. The molecule has 0 aliphatic rings. The molecular formula is C13H16FNO. The van der Waals surface area contributed by atoms with Crippen LogP contribution >= 0.6 is 0 Å². The van der Waals surface area contributed by atoms with Gasteiger partial charge in [-0.15, -0.1) is 0 Å². The molecule has 0 fully saturated rings. The van der Waals surface area contributed by atoms with Crippen LogP contribution in [0.4, 0.5) is 4.39 Å². The van der Waals surface area contributed by atoms with Crippen LogP contribution in [-0.4, -0.2) is 12.5 Å². The van der Waals surface area contributed by atoms with Crippen molar-refractivity contribution >= 4 is 12.0 Å². The van der Waals surface area contributed by atoms with Crippen LogP contribution in [0.25, 0.3) is 6.08 Å². The van der Waals surface area contributed by atoms with Gasteiger partial charge in [0.05, 0.1) is 0 Å². The van der Waals surface area contributed by atoms with Crippen LogP contribution in [0.3, 0.4) is 0 Å². The van der Waals surface area contributed by atoms with E-state index in [1.54, 1.807) is 6.07 Å². The van der Waals surface area contributed by atoms with E-state index >= 15 is 0 Å². The maximum absolute atomic E-state index is 12.8. The molecule has 0 radical (unpaired) electrons. The zero-order chi connectivity index (χ0) is 12.0. The van der Waals surface area contributed by atoms with E-state index in [1.807, 2.05) is 19.1 Å². The fourth-order valence-electron chi connectivity index (χ4n) is 1.37. The molecule has 1 aromatic carbocycles. The third-order valence-corrected chi connectivity index (χ3v) is 2.21. The largest absolute Gasteiger partial charge is 0.356 e. The van der Waals surface area contributed by atoms with Gasteiger partial charge in [0, 0.05) is 13.5 Å². The Labute approximate surface area is 95.2 Å². The summed E-state index contributed by atoms with van der Waals surface area (Å²) in [6.07, 6.45) is 4.68. The van der Waals surface area contributed by atoms with Crippen LogP contribution in [0.1, 0.15) is 24.5 Å². The minimum Gasteiger partial charge on any atom is -0.356 e. The van der Waals surface area contributed by atoms with Crippen LogP contribution in [-0.2, 0) is 4.79 Å². The number of carbonyl (C=O) groups excluding carboxylic acids is 1. The first-order valence-corrected chi connectivity index (χ1v) is 5.26. The highest BCUT2D eigenvalue weighted by molar-refractivity contribution is 5.72. The monoisotopic (exact) mass is 221 g/mol. The van der Waals surface area contributed by atoms with E-state index < -0.39 is 0 Å². The first kappa shape index (κ1) is 12.4. The maximum Gasteiger partial charge on any atom is 0.216 e. The summed E-state index contributed by atoms with van der Waals surface area (Å²) in [4.78, 5) is 10.6. The number of aryl methyl sites for hydroxylation is 1. The number of halogens is 1. The minimum atomic E-state index is -0.215. The van der Waals surface area contributed by atoms with Crippen LogP contribution in [0.15, 0.2) is 24.3 Å². The zero-order valence-electron chi connectivity index (χ0n) is 9.59. The molecule has 0 saturated carbocycles. The van der Waals surface area contributed by atoms with Crippen LogP contribution in [0, 0.1) is 12.7 Å². The fraction of sp³-hybridized carbons (Fsp3) is 0.308. The molecule has 3 heteroatoms. The molecule has 86 valence electrons. The third kappa shape index (κ3) is 4.26. The molecule has 0 unspecified atom stereocenters. The standard InChI is InChI=1S/C13H16FNO/c1-10-9-13(14)7-6-12(10)5-3-4-8-15-11(2)16/h3,5-7,9H,4,8H2,1-2H3,(H,15,16). The summed E-state index contributed by atoms with van der Waals surface area (Å²) >= 11 is 0. The highest BCUT2D eigenvalue weighted by Crippen LogP contribution is 2.11. The Morgan fingerprint density at radius 2 is 2.25 bits per heavy atom. The van der Waals surface area contributed by atoms with E-state index in [9.17, 15) is 9.18 Å². The lowest BCUT2D eigenvalue weighted by molar-refractivity contribution is -0.118. The predicted octanol–water partition coefficient (Wildman–Crippen LogP) is 2.67. The van der Waals surface area contributed by atoms with Crippen LogP contribution < -0.4 is 5.32 Å². The Hall–Kier alpha value is -1.64. The van der Waals surface area contributed by atoms with Gasteiger partial charge in [0.1, 0.15) is 5.82 Å². The van der Waals surface area contributed by atoms with Crippen molar-refractivity contribution in [1.82, 2.24) is 5.32 Å². The van der Waals surface area contributed by atoms with Gasteiger partial charge in [0.25, 0.3) is 0 Å². The molecule has 1 N–H and O–H groups in total. The lowest BCUT2D eigenvalue weighted by Gasteiger charge is -2.00. The normalized spacial score (nSPS) is 10.7. The molecule has 0 aliphatic carbocycles. The first-order chi connectivity index (χ1) is 7.59. The second-order valence-corrected chi connectivity index (χ2v) is 3.67. The van der Waals surface area contributed by atoms with E-state index in [1.165, 1.54) is 19.1 Å². The Morgan fingerprint density at radius 3 is 2.88 bits per heavy atom. The lowest BCUT2D eigenvalue weighted by Crippen LogP contribution is -2.20. The number of benzene rings is 1. The number of hydrogen-bond acceptors (Lipinski definition) is 1. The van der Waals surface area contributed by atoms with Crippen molar-refractivity contribution in [3.05, 3.63) is 41.2 Å². The van der Waals surface area contributed by atoms with Crippen molar-refractivity contribution in [2.75, 3.05) is 6.54 Å². The molecule has 0 bridgehead atoms. The Balaban J connectivity index is 2.47. The van der Waals surface area contributed by atoms with Gasteiger partial charge in [0.15, 0.2) is 0 Å². The average molecular weight is 221 g/mol. The second kappa shape index (κ2) is 6.05. The van der Waals surface area contributed by atoms with Crippen LogP contribution in [0.5, 0.6) is 0 Å². The number of carbonyl (C=O) groups is 1. The average Bonchev–Trinajstić information content (AvgIpc) is 2.20. The first-order valence-electron chi connectivity index (χ1n) is 5.26. The van der Waals surface area contributed by atoms with Gasteiger partial charge in [-0.05, 0) is 36.6 Å². The zero-order valence-corrected chi connectivity index (χ0v) is 9.59. The van der Waals surface area contributed by atoms with Crippen molar-refractivity contribution in [2.24, 2.45) is 0 Å². The van der Waals surface area contributed by atoms with Gasteiger partial charge in [0.2, 0.25) is 5.91 Å². The van der Waals surface area contributed by atoms with Crippen molar-refractivity contribution in [3.63, 3.8) is 0 Å². The molecule has 0 spiro atoms. The lowest BCUT2D eigenvalue weighted by atomic mass is 10.1. The molecule has 0 atom stereocenters. The van der Waals surface area contributed by atoms with Crippen molar-refractivity contribution < 1.29 is 9.18 Å². The predicted molar refractivity (Wildman–Crippen MR) is 63.5 cm³/mol. The summed E-state index contributed by atoms with van der Waals surface area (Å²) in [7, 11) is 0. The molecule has 16 heavy (non-hydrogen) atoms. The quantitative estimate of drug-likeness (QED) is 0.778. The van der Waals surface area contributed by atoms with E-state index in [2.05, 4.69) is 5.32 Å². The van der Waals surface area contributed by atoms with E-state index in [0.717, 1.165) is 17.5 Å². The van der Waals surface area contributed by atoms with Gasteiger partial charge in [-0.1, -0.05) is 18.2 Å². The number of rotatable bonds is 4. The summed E-state index contributed by atoms with van der Waals surface area (Å²) in [5.74, 6) is -0.237. The summed E-state index contributed by atoms with van der Waals surface area (Å²) in [5, 5.41) is 2.71. The molecule has 1 rings (SSSR count). The fourth-order valence-corrected chi connectivity index (χ4v) is 1.37. The molecule has 1 aromatic rings. The Morgan fingerprint density at radius 1 is 1.50 bits per heavy atom. The SMILES string of the molecule is CC(=O)NCCC=Cc1ccc(F)cc1C. The van der Waals surface area contributed by atoms with E-state index in [0.29, 0.717) is 6.54 Å². The van der Waals surface area contributed by atoms with E-state index in [-0.39, 0.29) is 11.7 Å². The summed E-state index contributed by atoms with van der Waals surface area (Å²) in [5.41, 5.74) is 1.92. The topological polar surface area (TPSA) is 29.1 Å². The molecule has 0 aromatic heterocycles. The van der Waals surface area contributed by atoms with Gasteiger partial charge < -0.3 is 5.32 Å². The molecule has 1 amide bonds. The third-order valence-electron chi connectivity index (χ3n) is 2.21. The van der Waals surface area contributed by atoms with Gasteiger partial charge in [-0.3, -0.25) is 4.79 Å². The molecule has 0 aliphatic heterocycles. The second-order valence-electron chi connectivity index (χ2n) is 3.67. The maximum atomic E-state index is 12.8. The number of nitrogens with one attached hydrogen (secondary N) is 1. The van der Waals surface area contributed by atoms with E-state index in [4.69, 9.17) is 0 Å². The Bertz CT molecular complexity index is 399. The van der Waals surface area contributed by atoms with Crippen LogP contribution in [0.2, 0.25) is 0 Å². The summed E-state index contributed by atoms with van der Waals surface area (Å²) < 4.78 is 12.8. The van der Waals surface area contributed by atoms with Gasteiger partial charge in [-0.25, -0.2) is 4.39 Å². The van der Waals surface area contributed by atoms with Crippen molar-refractivity contribution in [2.45, 2.75) is 20.3 Å². The molecular weight excluding hydrogens is 205 g/mol. The summed E-state index contributed by atoms with van der Waals surface area (Å²) in [6, 6.07) is 4.70. The van der Waals surface area contributed by atoms with Crippen molar-refractivity contribution in [3.8, 4) is 0 Å². The number of hydrogen-bond donors (Lipinski definition) is 1. The number of amides is 1. The molecule has 2 nitrogen and oxygen atoms in total. The highest BCUT2D eigenvalue weighted by atomic mass is 19.1. The van der Waals surface area contributed by atoms with Gasteiger partial charge >= 0.3 is 0 Å². The highest BCUT2D eigenvalue weighted by Gasteiger charge is 1.95. The Kier molecular flexibility index (Phi) is 4.70. The molecule has 0 saturated heterocycles.